The highest BCUT2D eigenvalue weighted by molar-refractivity contribution is 5.86. The molecular weight excluding hydrogens is 514 g/mol. The Labute approximate surface area is 226 Å². The van der Waals surface area contributed by atoms with Gasteiger partial charge in [0.15, 0.2) is 0 Å². The van der Waals surface area contributed by atoms with Crippen molar-refractivity contribution in [3.05, 3.63) is 96.7 Å². The van der Waals surface area contributed by atoms with Crippen molar-refractivity contribution in [1.82, 2.24) is 19.9 Å². The summed E-state index contributed by atoms with van der Waals surface area (Å²) in [7, 11) is 0. The largest absolute Gasteiger partial charge is 0.494 e. The van der Waals surface area contributed by atoms with E-state index in [1.807, 2.05) is 55.2 Å². The summed E-state index contributed by atoms with van der Waals surface area (Å²) in [6.45, 7) is 3.54. The maximum atomic E-state index is 6.00. The summed E-state index contributed by atoms with van der Waals surface area (Å²) in [5.74, 6) is 0.895. The quantitative estimate of drug-likeness (QED) is 0.222. The SMILES string of the molecule is Cl.Cl.Cl.Cl.c1cncc(CCN(CCCOc2ccc3ncccc3c2)Cc2ccncc2)c1. The zero-order valence-electron chi connectivity index (χ0n) is 18.7. The first kappa shape index (κ1) is 31.9. The third-order valence-corrected chi connectivity index (χ3v) is 5.06. The molecule has 0 N–H and O–H groups in total. The third kappa shape index (κ3) is 10.00. The molecule has 0 amide bonds. The first-order valence-electron chi connectivity index (χ1n) is 10.3. The van der Waals surface area contributed by atoms with Crippen molar-refractivity contribution >= 4 is 60.5 Å². The average molecular weight is 544 g/mol. The number of benzene rings is 1. The zero-order chi connectivity index (χ0) is 20.4. The molecule has 0 unspecified atom stereocenters. The number of pyridine rings is 3. The molecule has 3 aromatic heterocycles. The Morgan fingerprint density at radius 1 is 0.735 bits per heavy atom. The van der Waals surface area contributed by atoms with E-state index in [-0.39, 0.29) is 49.6 Å². The Bertz CT molecular complexity index is 1060. The second-order valence-corrected chi connectivity index (χ2v) is 7.30. The number of aromatic nitrogens is 3. The smallest absolute Gasteiger partial charge is 0.120 e. The van der Waals surface area contributed by atoms with E-state index < -0.39 is 0 Å². The summed E-state index contributed by atoms with van der Waals surface area (Å²) in [6, 6.07) is 18.4. The summed E-state index contributed by atoms with van der Waals surface area (Å²) in [5, 5.41) is 1.10. The molecular formula is C25H30Cl4N4O. The standard InChI is InChI=1S/C25H26N4O.4ClH/c1-4-21(19-27-11-1)10-16-29(20-22-8-13-26-14-9-22)15-3-17-30-24-6-7-25-23(18-24)5-2-12-28-25;;;;/h1-2,4-9,11-14,18-19H,3,10,15-17,20H2;4*1H. The molecule has 0 aliphatic carbocycles. The number of nitrogens with zero attached hydrogens (tertiary/aromatic N) is 4. The van der Waals surface area contributed by atoms with Crippen LogP contribution >= 0.6 is 49.6 Å². The van der Waals surface area contributed by atoms with Crippen LogP contribution < -0.4 is 4.74 Å². The Balaban J connectivity index is 0.00000272. The Morgan fingerprint density at radius 3 is 2.29 bits per heavy atom. The van der Waals surface area contributed by atoms with Crippen LogP contribution in [0.2, 0.25) is 0 Å². The van der Waals surface area contributed by atoms with E-state index >= 15 is 0 Å². The molecule has 9 heteroatoms. The second kappa shape index (κ2) is 17.3. The van der Waals surface area contributed by atoms with Gasteiger partial charge in [-0.05, 0) is 66.4 Å². The van der Waals surface area contributed by atoms with Crippen LogP contribution in [0.4, 0.5) is 0 Å². The van der Waals surface area contributed by atoms with Crippen molar-refractivity contribution in [2.24, 2.45) is 0 Å². The van der Waals surface area contributed by atoms with Gasteiger partial charge in [0.25, 0.3) is 0 Å². The number of fused-ring (bicyclic) bond motifs is 1. The van der Waals surface area contributed by atoms with Gasteiger partial charge in [-0.15, -0.1) is 49.6 Å². The second-order valence-electron chi connectivity index (χ2n) is 7.30. The highest BCUT2D eigenvalue weighted by atomic mass is 35.5. The maximum absolute atomic E-state index is 6.00. The lowest BCUT2D eigenvalue weighted by atomic mass is 10.2. The lowest BCUT2D eigenvalue weighted by Gasteiger charge is -2.22. The fourth-order valence-corrected chi connectivity index (χ4v) is 3.47. The molecule has 0 spiro atoms. The molecule has 0 saturated carbocycles. The van der Waals surface area contributed by atoms with Gasteiger partial charge in [0.1, 0.15) is 5.75 Å². The summed E-state index contributed by atoms with van der Waals surface area (Å²) in [6.07, 6.45) is 11.2. The molecule has 5 nitrogen and oxygen atoms in total. The van der Waals surface area contributed by atoms with Crippen LogP contribution in [0.3, 0.4) is 0 Å². The van der Waals surface area contributed by atoms with Crippen LogP contribution in [-0.4, -0.2) is 39.5 Å². The molecule has 1 aromatic carbocycles. The van der Waals surface area contributed by atoms with Crippen molar-refractivity contribution in [2.75, 3.05) is 19.7 Å². The fraction of sp³-hybridized carbons (Fsp3) is 0.240. The normalized spacial score (nSPS) is 9.79. The van der Waals surface area contributed by atoms with Crippen LogP contribution in [0.5, 0.6) is 5.75 Å². The van der Waals surface area contributed by atoms with Gasteiger partial charge in [0, 0.05) is 56.0 Å². The monoisotopic (exact) mass is 542 g/mol. The lowest BCUT2D eigenvalue weighted by Crippen LogP contribution is -2.28. The van der Waals surface area contributed by atoms with Crippen LogP contribution in [0, 0.1) is 0 Å². The predicted molar refractivity (Wildman–Crippen MR) is 148 cm³/mol. The highest BCUT2D eigenvalue weighted by Gasteiger charge is 2.07. The molecule has 0 aliphatic rings. The van der Waals surface area contributed by atoms with Crippen LogP contribution in [0.1, 0.15) is 17.5 Å². The van der Waals surface area contributed by atoms with Gasteiger partial charge in [-0.2, -0.15) is 0 Å². The van der Waals surface area contributed by atoms with Gasteiger partial charge >= 0.3 is 0 Å². The third-order valence-electron chi connectivity index (χ3n) is 5.06. The van der Waals surface area contributed by atoms with Gasteiger partial charge in [0.2, 0.25) is 0 Å². The van der Waals surface area contributed by atoms with Gasteiger partial charge in [0.05, 0.1) is 12.1 Å². The molecule has 0 radical (unpaired) electrons. The average Bonchev–Trinajstić information content (AvgIpc) is 2.81. The van der Waals surface area contributed by atoms with Gasteiger partial charge in [-0.3, -0.25) is 19.9 Å². The summed E-state index contributed by atoms with van der Waals surface area (Å²) >= 11 is 0. The maximum Gasteiger partial charge on any atom is 0.120 e. The molecule has 184 valence electrons. The van der Waals surface area contributed by atoms with Crippen LogP contribution in [-0.2, 0) is 13.0 Å². The predicted octanol–water partition coefficient (Wildman–Crippen LogP) is 6.23. The van der Waals surface area contributed by atoms with Crippen molar-refractivity contribution < 1.29 is 4.74 Å². The number of hydrogen-bond acceptors (Lipinski definition) is 5. The number of ether oxygens (including phenoxy) is 1. The molecule has 0 bridgehead atoms. The minimum absolute atomic E-state index is 0. The topological polar surface area (TPSA) is 51.1 Å². The zero-order valence-corrected chi connectivity index (χ0v) is 21.9. The molecule has 0 atom stereocenters. The van der Waals surface area contributed by atoms with E-state index in [0.717, 1.165) is 49.1 Å². The van der Waals surface area contributed by atoms with E-state index in [1.165, 1.54) is 11.1 Å². The van der Waals surface area contributed by atoms with E-state index in [4.69, 9.17) is 4.74 Å². The minimum Gasteiger partial charge on any atom is -0.494 e. The summed E-state index contributed by atoms with van der Waals surface area (Å²) < 4.78 is 6.00. The minimum atomic E-state index is 0. The van der Waals surface area contributed by atoms with E-state index in [2.05, 4.69) is 50.2 Å². The first-order chi connectivity index (χ1) is 14.9. The van der Waals surface area contributed by atoms with Crippen molar-refractivity contribution in [3.8, 4) is 5.75 Å². The van der Waals surface area contributed by atoms with E-state index in [1.54, 1.807) is 0 Å². The van der Waals surface area contributed by atoms with Crippen molar-refractivity contribution in [3.63, 3.8) is 0 Å². The van der Waals surface area contributed by atoms with Gasteiger partial charge in [-0.25, -0.2) is 0 Å². The van der Waals surface area contributed by atoms with Gasteiger partial charge in [-0.1, -0.05) is 12.1 Å². The van der Waals surface area contributed by atoms with E-state index in [0.29, 0.717) is 6.61 Å². The Hall–Kier alpha value is -2.15. The molecule has 4 aromatic rings. The first-order valence-corrected chi connectivity index (χ1v) is 10.3. The van der Waals surface area contributed by atoms with Gasteiger partial charge < -0.3 is 4.74 Å². The lowest BCUT2D eigenvalue weighted by molar-refractivity contribution is 0.230. The molecule has 4 rings (SSSR count). The van der Waals surface area contributed by atoms with Crippen LogP contribution in [0.25, 0.3) is 10.9 Å². The van der Waals surface area contributed by atoms with Crippen molar-refractivity contribution in [1.29, 1.82) is 0 Å². The number of hydrogen-bond donors (Lipinski definition) is 0. The Morgan fingerprint density at radius 2 is 1.53 bits per heavy atom. The number of halogens is 4. The highest BCUT2D eigenvalue weighted by Crippen LogP contribution is 2.19. The molecule has 0 aliphatic heterocycles. The summed E-state index contributed by atoms with van der Waals surface area (Å²) in [5.41, 5.74) is 3.53. The number of rotatable bonds is 10. The molecule has 3 heterocycles. The fourth-order valence-electron chi connectivity index (χ4n) is 3.47. The molecule has 0 saturated heterocycles. The van der Waals surface area contributed by atoms with Crippen LogP contribution in [0.15, 0.2) is 85.6 Å². The molecule has 0 fully saturated rings. The molecule has 34 heavy (non-hydrogen) atoms. The van der Waals surface area contributed by atoms with Crippen molar-refractivity contribution in [2.45, 2.75) is 19.4 Å². The Kier molecular flexibility index (Phi) is 16.2. The summed E-state index contributed by atoms with van der Waals surface area (Å²) in [4.78, 5) is 15.2. The van der Waals surface area contributed by atoms with E-state index in [9.17, 15) is 0 Å².